The first-order valence-electron chi connectivity index (χ1n) is 7.68. The van der Waals surface area contributed by atoms with Crippen LogP contribution in [0.15, 0.2) is 36.5 Å². The van der Waals surface area contributed by atoms with Crippen LogP contribution in [0.4, 0.5) is 0 Å². The van der Waals surface area contributed by atoms with E-state index in [0.29, 0.717) is 12.5 Å². The Labute approximate surface area is 124 Å². The summed E-state index contributed by atoms with van der Waals surface area (Å²) in [4.78, 5) is 12.3. The number of amides is 1. The Bertz CT molecular complexity index is 629. The third kappa shape index (κ3) is 2.95. The Morgan fingerprint density at radius 1 is 1.38 bits per heavy atom. The van der Waals surface area contributed by atoms with E-state index in [9.17, 15) is 9.90 Å². The topological polar surface area (TPSA) is 54.3 Å². The minimum atomic E-state index is -0.172. The molecule has 3 rings (SSSR count). The van der Waals surface area contributed by atoms with Crippen LogP contribution in [0.1, 0.15) is 26.2 Å². The highest BCUT2D eigenvalue weighted by Gasteiger charge is 2.33. The zero-order chi connectivity index (χ0) is 14.8. The van der Waals surface area contributed by atoms with Crippen molar-refractivity contribution in [2.75, 3.05) is 0 Å². The summed E-state index contributed by atoms with van der Waals surface area (Å²) in [6.07, 6.45) is 4.32. The van der Waals surface area contributed by atoms with Crippen molar-refractivity contribution >= 4 is 16.8 Å². The SMILES string of the molecule is CC[C@@H](NC(=O)Cn1ccc2ccccc21)C1CC(O)C1. The van der Waals surface area contributed by atoms with Crippen molar-refractivity contribution in [2.45, 2.75) is 44.9 Å². The Kier molecular flexibility index (Phi) is 3.97. The smallest absolute Gasteiger partial charge is 0.240 e. The van der Waals surface area contributed by atoms with E-state index >= 15 is 0 Å². The van der Waals surface area contributed by atoms with E-state index in [2.05, 4.69) is 12.2 Å². The molecule has 0 saturated heterocycles. The van der Waals surface area contributed by atoms with Crippen LogP contribution < -0.4 is 5.32 Å². The fourth-order valence-electron chi connectivity index (χ4n) is 3.20. The number of aliphatic hydroxyl groups excluding tert-OH is 1. The molecule has 1 aliphatic carbocycles. The van der Waals surface area contributed by atoms with Gasteiger partial charge in [-0.15, -0.1) is 0 Å². The molecule has 1 aromatic heterocycles. The molecule has 21 heavy (non-hydrogen) atoms. The third-order valence-corrected chi connectivity index (χ3v) is 4.50. The number of benzene rings is 1. The molecule has 1 saturated carbocycles. The van der Waals surface area contributed by atoms with Gasteiger partial charge in [0.15, 0.2) is 0 Å². The summed E-state index contributed by atoms with van der Waals surface area (Å²) in [7, 11) is 0. The maximum absolute atomic E-state index is 12.3. The lowest BCUT2D eigenvalue weighted by atomic mass is 9.76. The first-order chi connectivity index (χ1) is 10.2. The Morgan fingerprint density at radius 3 is 2.86 bits per heavy atom. The van der Waals surface area contributed by atoms with Crippen LogP contribution >= 0.6 is 0 Å². The van der Waals surface area contributed by atoms with Crippen molar-refractivity contribution < 1.29 is 9.90 Å². The molecule has 1 amide bonds. The highest BCUT2D eigenvalue weighted by molar-refractivity contribution is 5.83. The van der Waals surface area contributed by atoms with Crippen LogP contribution in [0.5, 0.6) is 0 Å². The number of nitrogens with zero attached hydrogens (tertiary/aromatic N) is 1. The fourth-order valence-corrected chi connectivity index (χ4v) is 3.20. The molecule has 0 spiro atoms. The molecule has 0 bridgehead atoms. The van der Waals surface area contributed by atoms with Crippen LogP contribution in [0, 0.1) is 5.92 Å². The predicted molar refractivity (Wildman–Crippen MR) is 82.9 cm³/mol. The molecule has 0 radical (unpaired) electrons. The van der Waals surface area contributed by atoms with Gasteiger partial charge in [0.1, 0.15) is 6.54 Å². The first-order valence-corrected chi connectivity index (χ1v) is 7.68. The van der Waals surface area contributed by atoms with E-state index in [-0.39, 0.29) is 18.1 Å². The number of nitrogens with one attached hydrogen (secondary N) is 1. The number of fused-ring (bicyclic) bond motifs is 1. The summed E-state index contributed by atoms with van der Waals surface area (Å²) in [6, 6.07) is 10.3. The molecule has 1 aromatic carbocycles. The number of hydrogen-bond acceptors (Lipinski definition) is 2. The van der Waals surface area contributed by atoms with E-state index in [0.717, 1.165) is 30.2 Å². The minimum absolute atomic E-state index is 0.0459. The molecule has 4 nitrogen and oxygen atoms in total. The van der Waals surface area contributed by atoms with Gasteiger partial charge in [-0.2, -0.15) is 0 Å². The van der Waals surface area contributed by atoms with Gasteiger partial charge < -0.3 is 15.0 Å². The Hall–Kier alpha value is -1.81. The molecular formula is C17H22N2O2. The number of carbonyl (C=O) groups is 1. The molecule has 0 aliphatic heterocycles. The van der Waals surface area contributed by atoms with Crippen LogP contribution in [0.3, 0.4) is 0 Å². The van der Waals surface area contributed by atoms with Gasteiger partial charge in [0.2, 0.25) is 5.91 Å². The van der Waals surface area contributed by atoms with E-state index in [4.69, 9.17) is 0 Å². The van der Waals surface area contributed by atoms with Gasteiger partial charge in [-0.25, -0.2) is 0 Å². The van der Waals surface area contributed by atoms with Gasteiger partial charge in [-0.1, -0.05) is 25.1 Å². The van der Waals surface area contributed by atoms with Gasteiger partial charge in [0.25, 0.3) is 0 Å². The number of carbonyl (C=O) groups excluding carboxylic acids is 1. The molecule has 2 N–H and O–H groups in total. The molecule has 0 unspecified atom stereocenters. The van der Waals surface area contributed by atoms with Crippen LogP contribution in [0.2, 0.25) is 0 Å². The minimum Gasteiger partial charge on any atom is -0.393 e. The summed E-state index contributed by atoms with van der Waals surface area (Å²) in [5.41, 5.74) is 1.08. The van der Waals surface area contributed by atoms with Gasteiger partial charge in [0, 0.05) is 17.8 Å². The zero-order valence-electron chi connectivity index (χ0n) is 12.3. The molecule has 1 fully saturated rings. The second-order valence-electron chi connectivity index (χ2n) is 5.97. The normalized spacial score (nSPS) is 22.8. The molecule has 2 aromatic rings. The van der Waals surface area contributed by atoms with Crippen molar-refractivity contribution in [3.05, 3.63) is 36.5 Å². The molecule has 1 aliphatic rings. The standard InChI is InChI=1S/C17H22N2O2/c1-2-15(13-9-14(20)10-13)18-17(21)11-19-8-7-12-5-3-4-6-16(12)19/h3-8,13-15,20H,2,9-11H2,1H3,(H,18,21)/t13?,14?,15-/m1/s1. The van der Waals surface area contributed by atoms with Crippen molar-refractivity contribution in [3.8, 4) is 0 Å². The van der Waals surface area contributed by atoms with Crippen molar-refractivity contribution in [1.29, 1.82) is 0 Å². The molecule has 1 heterocycles. The highest BCUT2D eigenvalue weighted by atomic mass is 16.3. The summed E-state index contributed by atoms with van der Waals surface area (Å²) in [5, 5.41) is 13.7. The van der Waals surface area contributed by atoms with Crippen LogP contribution in [-0.4, -0.2) is 27.7 Å². The summed E-state index contributed by atoms with van der Waals surface area (Å²) in [6.45, 7) is 2.43. The lowest BCUT2D eigenvalue weighted by molar-refractivity contribution is -0.123. The van der Waals surface area contributed by atoms with Crippen LogP contribution in [0.25, 0.3) is 10.9 Å². The quantitative estimate of drug-likeness (QED) is 0.886. The fraction of sp³-hybridized carbons (Fsp3) is 0.471. The molecule has 1 atom stereocenters. The number of para-hydroxylation sites is 1. The molecule has 112 valence electrons. The lowest BCUT2D eigenvalue weighted by Gasteiger charge is -2.37. The predicted octanol–water partition coefficient (Wildman–Crippen LogP) is 2.31. The summed E-state index contributed by atoms with van der Waals surface area (Å²) >= 11 is 0. The number of aliphatic hydroxyl groups is 1. The number of rotatable bonds is 5. The van der Waals surface area contributed by atoms with Gasteiger partial charge >= 0.3 is 0 Å². The number of hydrogen-bond donors (Lipinski definition) is 2. The summed E-state index contributed by atoms with van der Waals surface area (Å²) in [5.74, 6) is 0.472. The van der Waals surface area contributed by atoms with Gasteiger partial charge in [-0.05, 0) is 42.7 Å². The highest BCUT2D eigenvalue weighted by Crippen LogP contribution is 2.31. The maximum atomic E-state index is 12.3. The van der Waals surface area contributed by atoms with Crippen molar-refractivity contribution in [1.82, 2.24) is 9.88 Å². The zero-order valence-corrected chi connectivity index (χ0v) is 12.3. The first kappa shape index (κ1) is 14.1. The average molecular weight is 286 g/mol. The monoisotopic (exact) mass is 286 g/mol. The molecule has 4 heteroatoms. The second kappa shape index (κ2) is 5.90. The van der Waals surface area contributed by atoms with Crippen molar-refractivity contribution in [3.63, 3.8) is 0 Å². The lowest BCUT2D eigenvalue weighted by Crippen LogP contribution is -2.47. The van der Waals surface area contributed by atoms with E-state index in [1.165, 1.54) is 0 Å². The Morgan fingerprint density at radius 2 is 2.14 bits per heavy atom. The van der Waals surface area contributed by atoms with Crippen LogP contribution in [-0.2, 0) is 11.3 Å². The Balaban J connectivity index is 1.63. The second-order valence-corrected chi connectivity index (χ2v) is 5.97. The van der Waals surface area contributed by atoms with Crippen molar-refractivity contribution in [2.24, 2.45) is 5.92 Å². The van der Waals surface area contributed by atoms with E-state index in [1.54, 1.807) is 0 Å². The summed E-state index contributed by atoms with van der Waals surface area (Å²) < 4.78 is 1.98. The van der Waals surface area contributed by atoms with Gasteiger partial charge in [-0.3, -0.25) is 4.79 Å². The third-order valence-electron chi connectivity index (χ3n) is 4.50. The largest absolute Gasteiger partial charge is 0.393 e. The van der Waals surface area contributed by atoms with E-state index in [1.807, 2.05) is 41.1 Å². The van der Waals surface area contributed by atoms with Gasteiger partial charge in [0.05, 0.1) is 6.10 Å². The maximum Gasteiger partial charge on any atom is 0.240 e. The number of aromatic nitrogens is 1. The molecular weight excluding hydrogens is 264 g/mol. The average Bonchev–Trinajstić information content (AvgIpc) is 2.85. The van der Waals surface area contributed by atoms with E-state index < -0.39 is 0 Å².